The SMILES string of the molecule is Cc1ccccc1CC(C)N(C)CCN1CN(C)CCC1=O. The van der Waals surface area contributed by atoms with Gasteiger partial charge in [-0.2, -0.15) is 0 Å². The van der Waals surface area contributed by atoms with Crippen molar-refractivity contribution in [2.45, 2.75) is 32.7 Å². The fourth-order valence-electron chi connectivity index (χ4n) is 2.89. The molecule has 1 aromatic carbocycles. The van der Waals surface area contributed by atoms with Gasteiger partial charge in [-0.05, 0) is 45.5 Å². The lowest BCUT2D eigenvalue weighted by Crippen LogP contribution is -2.49. The largest absolute Gasteiger partial charge is 0.328 e. The summed E-state index contributed by atoms with van der Waals surface area (Å²) in [6.07, 6.45) is 1.70. The minimum Gasteiger partial charge on any atom is -0.328 e. The van der Waals surface area contributed by atoms with Crippen molar-refractivity contribution in [3.8, 4) is 0 Å². The van der Waals surface area contributed by atoms with Gasteiger partial charge in [0.2, 0.25) is 5.91 Å². The standard InChI is InChI=1S/C18H29N3O/c1-15-7-5-6-8-17(15)13-16(2)20(4)11-12-21-14-19(3)10-9-18(21)22/h5-8,16H,9-14H2,1-4H3. The van der Waals surface area contributed by atoms with E-state index in [-0.39, 0.29) is 5.91 Å². The normalized spacial score (nSPS) is 18.0. The molecule has 1 amide bonds. The molecular formula is C18H29N3O. The Morgan fingerprint density at radius 2 is 2.05 bits per heavy atom. The Morgan fingerprint density at radius 3 is 2.77 bits per heavy atom. The summed E-state index contributed by atoms with van der Waals surface area (Å²) in [5.41, 5.74) is 2.77. The zero-order valence-corrected chi connectivity index (χ0v) is 14.4. The van der Waals surface area contributed by atoms with E-state index in [9.17, 15) is 4.79 Å². The topological polar surface area (TPSA) is 26.8 Å². The number of likely N-dealkylation sites (N-methyl/N-ethyl adjacent to an activating group) is 1. The molecule has 4 nitrogen and oxygen atoms in total. The average Bonchev–Trinajstić information content (AvgIpc) is 2.50. The maximum atomic E-state index is 11.9. The molecule has 1 aliphatic heterocycles. The lowest BCUT2D eigenvalue weighted by atomic mass is 10.0. The van der Waals surface area contributed by atoms with Crippen molar-refractivity contribution in [1.29, 1.82) is 0 Å². The summed E-state index contributed by atoms with van der Waals surface area (Å²) in [7, 11) is 4.23. The molecule has 0 radical (unpaired) electrons. The Hall–Kier alpha value is -1.39. The molecule has 0 aliphatic carbocycles. The Labute approximate surface area is 134 Å². The minimum absolute atomic E-state index is 0.290. The summed E-state index contributed by atoms with van der Waals surface area (Å²) in [4.78, 5) is 18.5. The molecule has 1 atom stereocenters. The van der Waals surface area contributed by atoms with Crippen molar-refractivity contribution in [3.63, 3.8) is 0 Å². The number of amides is 1. The highest BCUT2D eigenvalue weighted by atomic mass is 16.2. The Balaban J connectivity index is 1.82. The molecule has 122 valence electrons. The highest BCUT2D eigenvalue weighted by molar-refractivity contribution is 5.76. The second-order valence-corrected chi connectivity index (χ2v) is 6.59. The van der Waals surface area contributed by atoms with Crippen LogP contribution in [0.25, 0.3) is 0 Å². The Morgan fingerprint density at radius 1 is 1.32 bits per heavy atom. The van der Waals surface area contributed by atoms with Gasteiger partial charge in [0, 0.05) is 32.1 Å². The third-order valence-corrected chi connectivity index (χ3v) is 4.72. The number of carbonyl (C=O) groups excluding carboxylic acids is 1. The minimum atomic E-state index is 0.290. The van der Waals surface area contributed by atoms with Gasteiger partial charge in [0.05, 0.1) is 6.67 Å². The molecule has 0 bridgehead atoms. The summed E-state index contributed by atoms with van der Waals surface area (Å²) in [6.45, 7) is 7.82. The van der Waals surface area contributed by atoms with Gasteiger partial charge in [-0.3, -0.25) is 9.69 Å². The van der Waals surface area contributed by atoms with E-state index in [1.54, 1.807) is 0 Å². The predicted molar refractivity (Wildman–Crippen MR) is 90.8 cm³/mol. The van der Waals surface area contributed by atoms with Crippen molar-refractivity contribution in [2.75, 3.05) is 40.4 Å². The molecule has 0 spiro atoms. The van der Waals surface area contributed by atoms with Crippen LogP contribution in [0.15, 0.2) is 24.3 Å². The van der Waals surface area contributed by atoms with Gasteiger partial charge in [0.1, 0.15) is 0 Å². The van der Waals surface area contributed by atoms with Crippen LogP contribution in [0.2, 0.25) is 0 Å². The van der Waals surface area contributed by atoms with E-state index in [1.165, 1.54) is 11.1 Å². The van der Waals surface area contributed by atoms with Gasteiger partial charge in [-0.1, -0.05) is 24.3 Å². The van der Waals surface area contributed by atoms with Crippen molar-refractivity contribution in [1.82, 2.24) is 14.7 Å². The zero-order valence-electron chi connectivity index (χ0n) is 14.4. The molecule has 1 unspecified atom stereocenters. The summed E-state index contributed by atoms with van der Waals surface area (Å²) < 4.78 is 0. The van der Waals surface area contributed by atoms with Crippen LogP contribution < -0.4 is 0 Å². The van der Waals surface area contributed by atoms with Crippen molar-refractivity contribution < 1.29 is 4.79 Å². The maximum Gasteiger partial charge on any atom is 0.224 e. The lowest BCUT2D eigenvalue weighted by molar-refractivity contribution is -0.137. The fraction of sp³-hybridized carbons (Fsp3) is 0.611. The number of hydrogen-bond acceptors (Lipinski definition) is 3. The van der Waals surface area contributed by atoms with Crippen molar-refractivity contribution in [3.05, 3.63) is 35.4 Å². The van der Waals surface area contributed by atoms with Gasteiger partial charge >= 0.3 is 0 Å². The summed E-state index contributed by atoms with van der Waals surface area (Å²) in [5, 5.41) is 0. The molecule has 2 rings (SSSR count). The van der Waals surface area contributed by atoms with Crippen molar-refractivity contribution >= 4 is 5.91 Å². The monoisotopic (exact) mass is 303 g/mol. The molecule has 1 aromatic rings. The van der Waals surface area contributed by atoms with E-state index in [0.29, 0.717) is 12.5 Å². The molecule has 1 fully saturated rings. The van der Waals surface area contributed by atoms with E-state index >= 15 is 0 Å². The molecule has 4 heteroatoms. The number of aryl methyl sites for hydroxylation is 1. The maximum absolute atomic E-state index is 11.9. The number of benzene rings is 1. The first kappa shape index (κ1) is 17.0. The smallest absolute Gasteiger partial charge is 0.224 e. The van der Waals surface area contributed by atoms with E-state index < -0.39 is 0 Å². The number of carbonyl (C=O) groups is 1. The summed E-state index contributed by atoms with van der Waals surface area (Å²) >= 11 is 0. The van der Waals surface area contributed by atoms with Gasteiger partial charge < -0.3 is 9.80 Å². The Bertz CT molecular complexity index is 503. The number of hydrogen-bond donors (Lipinski definition) is 0. The number of nitrogens with zero attached hydrogens (tertiary/aromatic N) is 3. The average molecular weight is 303 g/mol. The first-order valence-electron chi connectivity index (χ1n) is 8.18. The zero-order chi connectivity index (χ0) is 16.1. The van der Waals surface area contributed by atoms with E-state index in [0.717, 1.165) is 32.7 Å². The highest BCUT2D eigenvalue weighted by Crippen LogP contribution is 2.13. The molecule has 0 N–H and O–H groups in total. The van der Waals surface area contributed by atoms with Gasteiger partial charge in [0.15, 0.2) is 0 Å². The first-order chi connectivity index (χ1) is 10.5. The van der Waals surface area contributed by atoms with Crippen LogP contribution in [0.5, 0.6) is 0 Å². The quantitative estimate of drug-likeness (QED) is 0.804. The predicted octanol–water partition coefficient (Wildman–Crippen LogP) is 1.98. The summed E-state index contributed by atoms with van der Waals surface area (Å²) in [6, 6.07) is 9.05. The highest BCUT2D eigenvalue weighted by Gasteiger charge is 2.22. The van der Waals surface area contributed by atoms with E-state index in [1.807, 2.05) is 4.90 Å². The molecule has 1 saturated heterocycles. The van der Waals surface area contributed by atoms with Gasteiger partial charge in [0.25, 0.3) is 0 Å². The third-order valence-electron chi connectivity index (χ3n) is 4.72. The van der Waals surface area contributed by atoms with E-state index in [4.69, 9.17) is 0 Å². The fourth-order valence-corrected chi connectivity index (χ4v) is 2.89. The second-order valence-electron chi connectivity index (χ2n) is 6.59. The van der Waals surface area contributed by atoms with Crippen LogP contribution in [0, 0.1) is 6.92 Å². The van der Waals surface area contributed by atoms with Crippen LogP contribution in [0.3, 0.4) is 0 Å². The van der Waals surface area contributed by atoms with Gasteiger partial charge in [-0.25, -0.2) is 0 Å². The Kier molecular flexibility index (Phi) is 5.98. The van der Waals surface area contributed by atoms with E-state index in [2.05, 4.69) is 62.0 Å². The number of rotatable bonds is 6. The molecule has 22 heavy (non-hydrogen) atoms. The molecule has 1 aliphatic rings. The van der Waals surface area contributed by atoms with Gasteiger partial charge in [-0.15, -0.1) is 0 Å². The third kappa shape index (κ3) is 4.55. The van der Waals surface area contributed by atoms with Crippen molar-refractivity contribution in [2.24, 2.45) is 0 Å². The van der Waals surface area contributed by atoms with Crippen LogP contribution in [0.1, 0.15) is 24.5 Å². The second kappa shape index (κ2) is 7.75. The van der Waals surface area contributed by atoms with Crippen LogP contribution in [-0.4, -0.2) is 67.0 Å². The van der Waals surface area contributed by atoms with Crippen LogP contribution >= 0.6 is 0 Å². The molecule has 0 saturated carbocycles. The van der Waals surface area contributed by atoms with Crippen LogP contribution in [0.4, 0.5) is 0 Å². The van der Waals surface area contributed by atoms with Crippen LogP contribution in [-0.2, 0) is 11.2 Å². The first-order valence-corrected chi connectivity index (χ1v) is 8.18. The molecule has 0 aromatic heterocycles. The molecular weight excluding hydrogens is 274 g/mol. The lowest BCUT2D eigenvalue weighted by Gasteiger charge is -2.35. The summed E-state index contributed by atoms with van der Waals surface area (Å²) in [5.74, 6) is 0.290. The molecule has 1 heterocycles.